The fourth-order valence-corrected chi connectivity index (χ4v) is 4.36. The first-order valence-corrected chi connectivity index (χ1v) is 10.2. The Hall–Kier alpha value is -3.22. The minimum Gasteiger partial charge on any atom is -0.478 e. The molecule has 31 heavy (non-hydrogen) atoms. The zero-order chi connectivity index (χ0) is 21.7. The number of nitrogens with two attached hydrogens (primary N) is 1. The Morgan fingerprint density at radius 2 is 2.03 bits per heavy atom. The third-order valence-corrected chi connectivity index (χ3v) is 5.96. The monoisotopic (exact) mass is 455 g/mol. The number of hydrogen-bond donors (Lipinski definition) is 2. The number of halogens is 3. The van der Waals surface area contributed by atoms with Crippen molar-refractivity contribution in [2.45, 2.75) is 13.0 Å². The van der Waals surface area contributed by atoms with Crippen LogP contribution in [0.2, 0.25) is 10.0 Å². The third kappa shape index (κ3) is 3.28. The fourth-order valence-electron chi connectivity index (χ4n) is 3.68. The number of aromatic amines is 1. The summed E-state index contributed by atoms with van der Waals surface area (Å²) in [7, 11) is 0. The van der Waals surface area contributed by atoms with E-state index in [9.17, 15) is 4.39 Å². The van der Waals surface area contributed by atoms with E-state index < -0.39 is 11.9 Å². The second-order valence-corrected chi connectivity index (χ2v) is 7.95. The predicted molar refractivity (Wildman–Crippen MR) is 121 cm³/mol. The van der Waals surface area contributed by atoms with Crippen molar-refractivity contribution in [1.82, 2.24) is 9.97 Å². The summed E-state index contributed by atoms with van der Waals surface area (Å²) in [6.45, 7) is 1.70. The smallest absolute Gasteiger partial charge is 0.205 e. The molecule has 0 saturated carbocycles. The molecule has 5 rings (SSSR count). The van der Waals surface area contributed by atoms with Gasteiger partial charge in [0.15, 0.2) is 11.4 Å². The number of benzene rings is 2. The van der Waals surface area contributed by atoms with Crippen LogP contribution in [0, 0.1) is 5.82 Å². The molecule has 5 aromatic rings. The highest BCUT2D eigenvalue weighted by molar-refractivity contribution is 6.36. The van der Waals surface area contributed by atoms with Gasteiger partial charge in [-0.1, -0.05) is 35.3 Å². The summed E-state index contributed by atoms with van der Waals surface area (Å²) in [6.07, 6.45) is 4.46. The van der Waals surface area contributed by atoms with Gasteiger partial charge in [-0.15, -0.1) is 0 Å². The number of hydrogen-bond acceptors (Lipinski definition) is 4. The fraction of sp³-hybridized carbons (Fsp3) is 0.0870. The first-order chi connectivity index (χ1) is 14.9. The molecule has 0 saturated heterocycles. The molecule has 0 spiro atoms. The molecule has 0 aliphatic carbocycles. The van der Waals surface area contributed by atoms with Gasteiger partial charge in [0, 0.05) is 34.1 Å². The summed E-state index contributed by atoms with van der Waals surface area (Å²) in [4.78, 5) is 7.48. The molecular weight excluding hydrogens is 440 g/mol. The van der Waals surface area contributed by atoms with Gasteiger partial charge in [0.1, 0.15) is 11.9 Å². The van der Waals surface area contributed by atoms with Gasteiger partial charge in [0.2, 0.25) is 5.75 Å². The topological polar surface area (TPSA) is 77.1 Å². The lowest BCUT2D eigenvalue weighted by molar-refractivity contribution is 0.227. The minimum absolute atomic E-state index is 0.0990. The zero-order valence-corrected chi connectivity index (χ0v) is 17.8. The van der Waals surface area contributed by atoms with E-state index in [-0.39, 0.29) is 21.6 Å². The third-order valence-electron chi connectivity index (χ3n) is 5.25. The van der Waals surface area contributed by atoms with E-state index in [1.165, 1.54) is 12.1 Å². The number of pyridine rings is 1. The average molecular weight is 456 g/mol. The molecule has 2 aromatic carbocycles. The summed E-state index contributed by atoms with van der Waals surface area (Å²) < 4.78 is 25.8. The molecule has 8 heteroatoms. The summed E-state index contributed by atoms with van der Waals surface area (Å²) in [6, 6.07) is 10.7. The Balaban J connectivity index is 1.59. The number of nitrogens with zero attached hydrogens (tertiary/aromatic N) is 1. The summed E-state index contributed by atoms with van der Waals surface area (Å²) in [5.74, 6) is -0.196. The van der Waals surface area contributed by atoms with Crippen LogP contribution < -0.4 is 10.5 Å². The van der Waals surface area contributed by atoms with Gasteiger partial charge < -0.3 is 19.9 Å². The molecule has 0 aliphatic heterocycles. The van der Waals surface area contributed by atoms with E-state index in [0.717, 1.165) is 27.4 Å². The maximum absolute atomic E-state index is 14.0. The highest BCUT2D eigenvalue weighted by Crippen LogP contribution is 2.41. The van der Waals surface area contributed by atoms with Crippen molar-refractivity contribution in [2.75, 3.05) is 5.73 Å². The lowest BCUT2D eigenvalue weighted by atomic mass is 10.0. The Morgan fingerprint density at radius 3 is 2.87 bits per heavy atom. The molecule has 156 valence electrons. The Bertz CT molecular complexity index is 1440. The molecular formula is C23H16Cl2FN3O2. The van der Waals surface area contributed by atoms with Crippen molar-refractivity contribution in [3.63, 3.8) is 0 Å². The number of ether oxygens (including phenoxy) is 1. The van der Waals surface area contributed by atoms with Crippen molar-refractivity contribution in [1.29, 1.82) is 0 Å². The van der Waals surface area contributed by atoms with Crippen LogP contribution in [-0.2, 0) is 0 Å². The number of H-pyrrole nitrogens is 1. The van der Waals surface area contributed by atoms with E-state index >= 15 is 0 Å². The van der Waals surface area contributed by atoms with Crippen LogP contribution in [0.4, 0.5) is 10.2 Å². The largest absolute Gasteiger partial charge is 0.478 e. The van der Waals surface area contributed by atoms with E-state index in [0.29, 0.717) is 11.1 Å². The highest BCUT2D eigenvalue weighted by atomic mass is 35.5. The number of furan rings is 1. The highest BCUT2D eigenvalue weighted by Gasteiger charge is 2.23. The SMILES string of the molecule is CC(Oc1c(N)ncc2c(-c3ccc4cc[nH]c4c3)coc12)c1c(Cl)ccc(F)c1Cl. The van der Waals surface area contributed by atoms with E-state index in [2.05, 4.69) is 9.97 Å². The van der Waals surface area contributed by atoms with E-state index in [1.807, 2.05) is 30.5 Å². The molecule has 1 unspecified atom stereocenters. The van der Waals surface area contributed by atoms with Gasteiger partial charge in [-0.25, -0.2) is 9.37 Å². The quantitative estimate of drug-likeness (QED) is 0.282. The molecule has 1 atom stereocenters. The summed E-state index contributed by atoms with van der Waals surface area (Å²) in [5.41, 5.74) is 9.65. The van der Waals surface area contributed by atoms with E-state index in [1.54, 1.807) is 19.4 Å². The molecule has 5 nitrogen and oxygen atoms in total. The Morgan fingerprint density at radius 1 is 1.19 bits per heavy atom. The molecule has 0 aliphatic rings. The number of nitrogen functional groups attached to an aromatic ring is 1. The van der Waals surface area contributed by atoms with Crippen LogP contribution in [0.1, 0.15) is 18.6 Å². The number of aromatic nitrogens is 2. The second kappa shape index (κ2) is 7.48. The van der Waals surface area contributed by atoms with Crippen molar-refractivity contribution >= 4 is 50.9 Å². The molecule has 0 amide bonds. The van der Waals surface area contributed by atoms with Crippen molar-refractivity contribution in [3.8, 4) is 16.9 Å². The molecule has 3 heterocycles. The first kappa shape index (κ1) is 19.7. The zero-order valence-electron chi connectivity index (χ0n) is 16.2. The number of rotatable bonds is 4. The standard InChI is InChI=1S/C23H16Cl2FN3O2/c1-11(19-16(24)4-5-17(26)20(19)25)31-22-21-14(9-29-23(22)27)15(10-30-21)13-3-2-12-6-7-28-18(12)8-13/h2-11,28H,1H3,(H2,27,29). The van der Waals surface area contributed by atoms with Crippen LogP contribution in [0.3, 0.4) is 0 Å². The van der Waals surface area contributed by atoms with E-state index in [4.69, 9.17) is 38.1 Å². The number of anilines is 1. The number of fused-ring (bicyclic) bond motifs is 2. The van der Waals surface area contributed by atoms with Crippen LogP contribution >= 0.6 is 23.2 Å². The molecule has 0 bridgehead atoms. The summed E-state index contributed by atoms with van der Waals surface area (Å²) in [5, 5.41) is 2.04. The Kier molecular flexibility index (Phi) is 4.76. The van der Waals surface area contributed by atoms with Gasteiger partial charge in [0.25, 0.3) is 0 Å². The van der Waals surface area contributed by atoms with Gasteiger partial charge in [0.05, 0.1) is 16.7 Å². The van der Waals surface area contributed by atoms with Crippen molar-refractivity contribution in [3.05, 3.63) is 76.5 Å². The molecule has 0 radical (unpaired) electrons. The lowest BCUT2D eigenvalue weighted by Gasteiger charge is -2.18. The van der Waals surface area contributed by atoms with Gasteiger partial charge >= 0.3 is 0 Å². The van der Waals surface area contributed by atoms with Crippen LogP contribution in [-0.4, -0.2) is 9.97 Å². The first-order valence-electron chi connectivity index (χ1n) is 9.47. The average Bonchev–Trinajstić information content (AvgIpc) is 3.39. The minimum atomic E-state index is -0.700. The maximum atomic E-state index is 14.0. The maximum Gasteiger partial charge on any atom is 0.205 e. The second-order valence-electron chi connectivity index (χ2n) is 7.16. The lowest BCUT2D eigenvalue weighted by Crippen LogP contribution is -2.08. The molecule has 3 aromatic heterocycles. The van der Waals surface area contributed by atoms with Crippen molar-refractivity contribution < 1.29 is 13.5 Å². The van der Waals surface area contributed by atoms with Crippen LogP contribution in [0.25, 0.3) is 33.0 Å². The van der Waals surface area contributed by atoms with Gasteiger partial charge in [-0.3, -0.25) is 0 Å². The predicted octanol–water partition coefficient (Wildman–Crippen LogP) is 7.14. The van der Waals surface area contributed by atoms with Gasteiger partial charge in [-0.2, -0.15) is 0 Å². The number of nitrogens with one attached hydrogen (secondary N) is 1. The Labute approximate surface area is 186 Å². The molecule has 0 fully saturated rings. The van der Waals surface area contributed by atoms with Crippen LogP contribution in [0.5, 0.6) is 5.75 Å². The van der Waals surface area contributed by atoms with Crippen molar-refractivity contribution in [2.24, 2.45) is 0 Å². The molecule has 3 N–H and O–H groups in total. The van der Waals surface area contributed by atoms with Gasteiger partial charge in [-0.05, 0) is 42.1 Å². The normalized spacial score (nSPS) is 12.5. The summed E-state index contributed by atoms with van der Waals surface area (Å²) >= 11 is 12.4. The van der Waals surface area contributed by atoms with Crippen LogP contribution in [0.15, 0.2) is 59.5 Å².